The zero-order valence-electron chi connectivity index (χ0n) is 12.9. The second kappa shape index (κ2) is 5.55. The highest BCUT2D eigenvalue weighted by atomic mass is 32.1. The molecule has 1 aromatic carbocycles. The zero-order chi connectivity index (χ0) is 16.8. The molecule has 2 aromatic heterocycles. The predicted octanol–water partition coefficient (Wildman–Crippen LogP) is 4.03. The highest BCUT2D eigenvalue weighted by Gasteiger charge is 2.39. The number of anilines is 1. The van der Waals surface area contributed by atoms with Gasteiger partial charge in [-0.05, 0) is 41.4 Å². The van der Waals surface area contributed by atoms with Crippen LogP contribution in [0.25, 0.3) is 4.96 Å². The first kappa shape index (κ1) is 15.1. The van der Waals surface area contributed by atoms with Gasteiger partial charge in [0, 0.05) is 12.4 Å². The van der Waals surface area contributed by atoms with Gasteiger partial charge in [0.05, 0.1) is 6.04 Å². The average Bonchev–Trinajstić information content (AvgIpc) is 3.15. The first-order chi connectivity index (χ1) is 11.6. The molecule has 0 N–H and O–H groups in total. The van der Waals surface area contributed by atoms with Gasteiger partial charge < -0.3 is 15.0 Å². The van der Waals surface area contributed by atoms with Gasteiger partial charge in [-0.25, -0.2) is 4.39 Å². The third-order valence-corrected chi connectivity index (χ3v) is 5.18. The number of nitrogens with zero attached hydrogens (tertiary/aromatic N) is 4. The molecule has 6 nitrogen and oxygen atoms in total. The summed E-state index contributed by atoms with van der Waals surface area (Å²) >= 11 is 1.36. The molecule has 4 rings (SSSR count). The summed E-state index contributed by atoms with van der Waals surface area (Å²) in [5, 5.41) is 13.3. The maximum atomic E-state index is 13.2. The van der Waals surface area contributed by atoms with E-state index in [1.807, 2.05) is 11.9 Å². The van der Waals surface area contributed by atoms with Crippen LogP contribution in [0.3, 0.4) is 0 Å². The number of hydrogen-bond acceptors (Lipinski definition) is 5. The Morgan fingerprint density at radius 3 is 2.75 bits per heavy atom. The molecule has 0 spiro atoms. The van der Waals surface area contributed by atoms with Crippen molar-refractivity contribution in [1.29, 1.82) is 0 Å². The van der Waals surface area contributed by atoms with E-state index in [1.54, 1.807) is 23.7 Å². The van der Waals surface area contributed by atoms with Gasteiger partial charge >= 0.3 is 5.82 Å². The molecule has 8 heteroatoms. The molecule has 1 fully saturated rings. The third kappa shape index (κ3) is 2.43. The maximum absolute atomic E-state index is 13.2. The smallest absolute Gasteiger partial charge is 0.358 e. The fraction of sp³-hybridized carbons (Fsp3) is 0.312. The van der Waals surface area contributed by atoms with Gasteiger partial charge in [0.25, 0.3) is 4.96 Å². The topological polar surface area (TPSA) is 63.7 Å². The van der Waals surface area contributed by atoms with Gasteiger partial charge in [0.1, 0.15) is 12.0 Å². The number of nitro groups is 1. The molecule has 1 aliphatic rings. The molecule has 124 valence electrons. The van der Waals surface area contributed by atoms with Gasteiger partial charge in [0.2, 0.25) is 5.82 Å². The number of thiazole rings is 1. The Morgan fingerprint density at radius 1 is 1.42 bits per heavy atom. The molecule has 0 unspecified atom stereocenters. The van der Waals surface area contributed by atoms with Crippen molar-refractivity contribution >= 4 is 27.9 Å². The van der Waals surface area contributed by atoms with E-state index >= 15 is 0 Å². The van der Waals surface area contributed by atoms with Crippen LogP contribution >= 0.6 is 11.3 Å². The van der Waals surface area contributed by atoms with E-state index in [4.69, 9.17) is 0 Å². The zero-order valence-corrected chi connectivity index (χ0v) is 13.7. The van der Waals surface area contributed by atoms with Crippen molar-refractivity contribution < 1.29 is 9.31 Å². The van der Waals surface area contributed by atoms with Crippen molar-refractivity contribution in [2.45, 2.75) is 18.9 Å². The van der Waals surface area contributed by atoms with E-state index < -0.39 is 4.92 Å². The normalized spacial score (nSPS) is 15.6. The Morgan fingerprint density at radius 2 is 2.12 bits per heavy atom. The number of imidazole rings is 1. The lowest BCUT2D eigenvalue weighted by atomic mass is 10.0. The second-order valence-corrected chi connectivity index (χ2v) is 6.89. The fourth-order valence-corrected chi connectivity index (χ4v) is 3.89. The highest BCUT2D eigenvalue weighted by Crippen LogP contribution is 2.47. The Kier molecular flexibility index (Phi) is 3.49. The minimum Gasteiger partial charge on any atom is -0.358 e. The van der Waals surface area contributed by atoms with Crippen LogP contribution in [0.2, 0.25) is 0 Å². The van der Waals surface area contributed by atoms with Gasteiger partial charge in [-0.3, -0.25) is 0 Å². The van der Waals surface area contributed by atoms with E-state index in [-0.39, 0.29) is 17.7 Å². The Bertz CT molecular complexity index is 901. The summed E-state index contributed by atoms with van der Waals surface area (Å²) in [6, 6.07) is 6.31. The minimum absolute atomic E-state index is 0.0264. The van der Waals surface area contributed by atoms with E-state index in [9.17, 15) is 14.5 Å². The molecular weight excluding hydrogens is 331 g/mol. The molecule has 1 atom stereocenters. The highest BCUT2D eigenvalue weighted by molar-refractivity contribution is 7.15. The lowest BCUT2D eigenvalue weighted by Crippen LogP contribution is -2.27. The monoisotopic (exact) mass is 346 g/mol. The number of halogens is 1. The number of benzene rings is 1. The summed E-state index contributed by atoms with van der Waals surface area (Å²) in [6.07, 6.45) is 3.78. The van der Waals surface area contributed by atoms with Crippen molar-refractivity contribution in [3.8, 4) is 0 Å². The van der Waals surface area contributed by atoms with Crippen LogP contribution < -0.4 is 4.90 Å². The van der Waals surface area contributed by atoms with Crippen LogP contribution in [0.1, 0.15) is 24.4 Å². The molecule has 1 aliphatic carbocycles. The minimum atomic E-state index is -0.396. The van der Waals surface area contributed by atoms with E-state index in [0.717, 1.165) is 18.4 Å². The van der Waals surface area contributed by atoms with E-state index in [0.29, 0.717) is 16.7 Å². The van der Waals surface area contributed by atoms with E-state index in [2.05, 4.69) is 4.98 Å². The van der Waals surface area contributed by atoms with Crippen molar-refractivity contribution in [1.82, 2.24) is 9.38 Å². The lowest BCUT2D eigenvalue weighted by molar-refractivity contribution is -0.389. The summed E-state index contributed by atoms with van der Waals surface area (Å²) in [4.78, 5) is 18.1. The number of fused-ring (bicyclic) bond motifs is 1. The molecule has 0 bridgehead atoms. The van der Waals surface area contributed by atoms with Crippen molar-refractivity contribution in [2.24, 2.45) is 5.92 Å². The summed E-state index contributed by atoms with van der Waals surface area (Å²) in [5.41, 5.74) is 0.951. The van der Waals surface area contributed by atoms with E-state index in [1.165, 1.54) is 27.9 Å². The molecule has 0 aliphatic heterocycles. The van der Waals surface area contributed by atoms with Crippen LogP contribution in [-0.4, -0.2) is 21.4 Å². The molecule has 2 heterocycles. The van der Waals surface area contributed by atoms with Crippen molar-refractivity contribution in [2.75, 3.05) is 11.9 Å². The largest absolute Gasteiger partial charge is 0.373 e. The Labute approximate surface area is 141 Å². The summed E-state index contributed by atoms with van der Waals surface area (Å²) in [5.74, 6) is 0.443. The van der Waals surface area contributed by atoms with Crippen molar-refractivity contribution in [3.05, 3.63) is 57.3 Å². The summed E-state index contributed by atoms with van der Waals surface area (Å²) in [7, 11) is 1.83. The molecule has 0 amide bonds. The third-order valence-electron chi connectivity index (χ3n) is 4.42. The Balaban J connectivity index is 1.79. The molecule has 0 saturated heterocycles. The quantitative estimate of drug-likeness (QED) is 0.517. The van der Waals surface area contributed by atoms with Gasteiger partial charge in [-0.15, -0.1) is 0 Å². The molecule has 24 heavy (non-hydrogen) atoms. The summed E-state index contributed by atoms with van der Waals surface area (Å²) < 4.78 is 14.7. The first-order valence-corrected chi connectivity index (χ1v) is 8.52. The maximum Gasteiger partial charge on any atom is 0.373 e. The van der Waals surface area contributed by atoms with Crippen LogP contribution in [0.15, 0.2) is 35.8 Å². The number of aromatic nitrogens is 2. The average molecular weight is 346 g/mol. The lowest BCUT2D eigenvalue weighted by Gasteiger charge is -2.28. The standard InChI is InChI=1S/C16H15FN4O2S/c1-19(13(10-2-3-10)11-4-6-12(17)7-5-11)14-15(21(22)23)20-8-9-24-16(20)18-14/h4-10,13H,2-3H2,1H3/t13-/m1/s1. The molecule has 0 radical (unpaired) electrons. The second-order valence-electron chi connectivity index (χ2n) is 6.02. The first-order valence-electron chi connectivity index (χ1n) is 7.64. The number of hydrogen-bond donors (Lipinski definition) is 0. The van der Waals surface area contributed by atoms with Crippen LogP contribution in [0, 0.1) is 21.8 Å². The molecular formula is C16H15FN4O2S. The van der Waals surface area contributed by atoms with Crippen molar-refractivity contribution in [3.63, 3.8) is 0 Å². The Hall–Kier alpha value is -2.48. The van der Waals surface area contributed by atoms with Gasteiger partial charge in [0.15, 0.2) is 0 Å². The number of rotatable bonds is 5. The molecule has 3 aromatic rings. The van der Waals surface area contributed by atoms with Gasteiger partial charge in [-0.2, -0.15) is 9.38 Å². The fourth-order valence-electron chi connectivity index (χ4n) is 3.18. The van der Waals surface area contributed by atoms with Crippen LogP contribution in [0.5, 0.6) is 0 Å². The SMILES string of the molecule is CN(c1nc2sccn2c1[N+](=O)[O-])[C@@H](c1ccc(F)cc1)C1CC1. The molecule has 1 saturated carbocycles. The predicted molar refractivity (Wildman–Crippen MR) is 90.0 cm³/mol. The summed E-state index contributed by atoms with van der Waals surface area (Å²) in [6.45, 7) is 0. The van der Waals surface area contributed by atoms with Gasteiger partial charge in [-0.1, -0.05) is 23.5 Å². The van der Waals surface area contributed by atoms with Crippen LogP contribution in [-0.2, 0) is 0 Å². The van der Waals surface area contributed by atoms with Crippen LogP contribution in [0.4, 0.5) is 16.0 Å².